The minimum atomic E-state index is -0.0499. The van der Waals surface area contributed by atoms with Crippen LogP contribution in [0.4, 0.5) is 0 Å². The van der Waals surface area contributed by atoms with Gasteiger partial charge in [-0.2, -0.15) is 5.10 Å². The van der Waals surface area contributed by atoms with Crippen molar-refractivity contribution in [3.8, 4) is 0 Å². The standard InChI is InChI=1S/C20H27N3O2/c1-14-19(15(2)23(3)22-14)20(24)21-12-7-13-25-18-11-6-9-16-8-4-5-10-17(16)18/h4-5,8,10,18H,6-7,9,11-13H2,1-3H3,(H,21,24). The summed E-state index contributed by atoms with van der Waals surface area (Å²) in [6.07, 6.45) is 4.41. The van der Waals surface area contributed by atoms with Crippen LogP contribution < -0.4 is 5.32 Å². The summed E-state index contributed by atoms with van der Waals surface area (Å²) >= 11 is 0. The van der Waals surface area contributed by atoms with Crippen molar-refractivity contribution >= 4 is 5.91 Å². The number of ether oxygens (including phenoxy) is 1. The summed E-state index contributed by atoms with van der Waals surface area (Å²) in [6.45, 7) is 5.05. The first-order chi connectivity index (χ1) is 12.1. The Morgan fingerprint density at radius 2 is 2.16 bits per heavy atom. The molecular formula is C20H27N3O2. The van der Waals surface area contributed by atoms with Gasteiger partial charge in [0.1, 0.15) is 0 Å². The smallest absolute Gasteiger partial charge is 0.255 e. The lowest BCUT2D eigenvalue weighted by Gasteiger charge is -2.25. The first kappa shape index (κ1) is 17.7. The second-order valence-electron chi connectivity index (χ2n) is 6.73. The molecule has 0 spiro atoms. The third kappa shape index (κ3) is 3.93. The number of hydrogen-bond donors (Lipinski definition) is 1. The maximum Gasteiger partial charge on any atom is 0.255 e. The first-order valence-corrected chi connectivity index (χ1v) is 9.05. The average Bonchev–Trinajstić information content (AvgIpc) is 2.86. The molecule has 134 valence electrons. The Morgan fingerprint density at radius 3 is 2.92 bits per heavy atom. The molecule has 3 rings (SSSR count). The van der Waals surface area contributed by atoms with E-state index in [4.69, 9.17) is 4.74 Å². The van der Waals surface area contributed by atoms with E-state index >= 15 is 0 Å². The van der Waals surface area contributed by atoms with E-state index in [1.54, 1.807) is 4.68 Å². The second kappa shape index (κ2) is 7.83. The number of rotatable bonds is 6. The van der Waals surface area contributed by atoms with Crippen molar-refractivity contribution in [1.82, 2.24) is 15.1 Å². The highest BCUT2D eigenvalue weighted by atomic mass is 16.5. The topological polar surface area (TPSA) is 56.2 Å². The maximum absolute atomic E-state index is 12.3. The summed E-state index contributed by atoms with van der Waals surface area (Å²) in [7, 11) is 1.86. The highest BCUT2D eigenvalue weighted by Gasteiger charge is 2.20. The Balaban J connectivity index is 1.45. The Labute approximate surface area is 149 Å². The van der Waals surface area contributed by atoms with Crippen molar-refractivity contribution in [2.75, 3.05) is 13.2 Å². The molecule has 5 heteroatoms. The minimum Gasteiger partial charge on any atom is -0.373 e. The second-order valence-corrected chi connectivity index (χ2v) is 6.73. The molecule has 25 heavy (non-hydrogen) atoms. The summed E-state index contributed by atoms with van der Waals surface area (Å²) in [5, 5.41) is 7.27. The van der Waals surface area contributed by atoms with Gasteiger partial charge in [-0.3, -0.25) is 9.48 Å². The predicted molar refractivity (Wildman–Crippen MR) is 97.7 cm³/mol. The van der Waals surface area contributed by atoms with E-state index < -0.39 is 0 Å². The third-order valence-electron chi connectivity index (χ3n) is 4.98. The highest BCUT2D eigenvalue weighted by molar-refractivity contribution is 5.96. The van der Waals surface area contributed by atoms with Gasteiger partial charge in [0.05, 0.1) is 17.4 Å². The van der Waals surface area contributed by atoms with Crippen molar-refractivity contribution < 1.29 is 9.53 Å². The number of carbonyl (C=O) groups is 1. The number of hydrogen-bond acceptors (Lipinski definition) is 3. The lowest BCUT2D eigenvalue weighted by Crippen LogP contribution is -2.26. The van der Waals surface area contributed by atoms with E-state index in [1.165, 1.54) is 17.5 Å². The van der Waals surface area contributed by atoms with Gasteiger partial charge in [-0.05, 0) is 50.7 Å². The molecule has 1 unspecified atom stereocenters. The van der Waals surface area contributed by atoms with Gasteiger partial charge in [-0.25, -0.2) is 0 Å². The summed E-state index contributed by atoms with van der Waals surface area (Å²) in [5.74, 6) is -0.0499. The minimum absolute atomic E-state index is 0.0499. The van der Waals surface area contributed by atoms with Gasteiger partial charge in [0.15, 0.2) is 0 Å². The molecule has 0 aliphatic heterocycles. The number of nitrogens with zero attached hydrogens (tertiary/aromatic N) is 2. The van der Waals surface area contributed by atoms with E-state index in [0.717, 1.165) is 30.7 Å². The zero-order chi connectivity index (χ0) is 17.8. The number of aromatic nitrogens is 2. The van der Waals surface area contributed by atoms with Crippen molar-refractivity contribution in [2.45, 2.75) is 45.6 Å². The molecule has 1 amide bonds. The normalized spacial score (nSPS) is 16.5. The molecule has 0 saturated heterocycles. The SMILES string of the molecule is Cc1nn(C)c(C)c1C(=O)NCCCOC1CCCc2ccccc21. The van der Waals surface area contributed by atoms with Gasteiger partial charge in [-0.1, -0.05) is 24.3 Å². The quantitative estimate of drug-likeness (QED) is 0.821. The number of aryl methyl sites for hydroxylation is 3. The Morgan fingerprint density at radius 1 is 1.36 bits per heavy atom. The van der Waals surface area contributed by atoms with Gasteiger partial charge in [-0.15, -0.1) is 0 Å². The lowest BCUT2D eigenvalue weighted by atomic mass is 9.89. The molecule has 1 N–H and O–H groups in total. The van der Waals surface area contributed by atoms with Crippen molar-refractivity contribution in [1.29, 1.82) is 0 Å². The molecule has 1 heterocycles. The molecule has 0 radical (unpaired) electrons. The van der Waals surface area contributed by atoms with Gasteiger partial charge in [0.25, 0.3) is 5.91 Å². The summed E-state index contributed by atoms with van der Waals surface area (Å²) < 4.78 is 7.82. The van der Waals surface area contributed by atoms with Crippen LogP contribution in [0.3, 0.4) is 0 Å². The molecule has 5 nitrogen and oxygen atoms in total. The highest BCUT2D eigenvalue weighted by Crippen LogP contribution is 2.32. The van der Waals surface area contributed by atoms with Gasteiger partial charge in [0.2, 0.25) is 0 Å². The molecule has 0 saturated carbocycles. The monoisotopic (exact) mass is 341 g/mol. The Kier molecular flexibility index (Phi) is 5.53. The fourth-order valence-corrected chi connectivity index (χ4v) is 3.57. The number of nitrogens with one attached hydrogen (secondary N) is 1. The largest absolute Gasteiger partial charge is 0.373 e. The Bertz CT molecular complexity index is 751. The summed E-state index contributed by atoms with van der Waals surface area (Å²) in [5.41, 5.74) is 5.09. The van der Waals surface area contributed by atoms with Crippen LogP contribution in [0.15, 0.2) is 24.3 Å². The number of carbonyl (C=O) groups excluding carboxylic acids is 1. The number of fused-ring (bicyclic) bond motifs is 1. The number of amides is 1. The molecule has 1 aliphatic carbocycles. The van der Waals surface area contributed by atoms with Crippen molar-refractivity contribution in [2.24, 2.45) is 7.05 Å². The van der Waals surface area contributed by atoms with Gasteiger partial charge >= 0.3 is 0 Å². The summed E-state index contributed by atoms with van der Waals surface area (Å²) in [4.78, 5) is 12.3. The van der Waals surface area contributed by atoms with Crippen LogP contribution in [0.25, 0.3) is 0 Å². The molecule has 1 aliphatic rings. The van der Waals surface area contributed by atoms with Crippen LogP contribution in [0.1, 0.15) is 58.2 Å². The van der Waals surface area contributed by atoms with Gasteiger partial charge in [0, 0.05) is 25.9 Å². The zero-order valence-electron chi connectivity index (χ0n) is 15.3. The van der Waals surface area contributed by atoms with Crippen LogP contribution in [0, 0.1) is 13.8 Å². The van der Waals surface area contributed by atoms with E-state index in [1.807, 2.05) is 20.9 Å². The van der Waals surface area contributed by atoms with E-state index in [-0.39, 0.29) is 12.0 Å². The van der Waals surface area contributed by atoms with Crippen LogP contribution in [0.5, 0.6) is 0 Å². The van der Waals surface area contributed by atoms with Crippen LogP contribution in [-0.4, -0.2) is 28.8 Å². The molecule has 0 bridgehead atoms. The zero-order valence-corrected chi connectivity index (χ0v) is 15.3. The summed E-state index contributed by atoms with van der Waals surface area (Å²) in [6, 6.07) is 8.55. The van der Waals surface area contributed by atoms with Gasteiger partial charge < -0.3 is 10.1 Å². The Hall–Kier alpha value is -2.14. The third-order valence-corrected chi connectivity index (χ3v) is 4.98. The van der Waals surface area contributed by atoms with E-state index in [2.05, 4.69) is 34.7 Å². The maximum atomic E-state index is 12.3. The molecule has 0 fully saturated rings. The number of benzene rings is 1. The van der Waals surface area contributed by atoms with Crippen LogP contribution >= 0.6 is 0 Å². The van der Waals surface area contributed by atoms with Crippen molar-refractivity contribution in [3.05, 3.63) is 52.3 Å². The molecule has 1 aromatic heterocycles. The molecule has 2 aromatic rings. The average molecular weight is 341 g/mol. The lowest BCUT2D eigenvalue weighted by molar-refractivity contribution is 0.0393. The molecule has 1 atom stereocenters. The molecule has 1 aromatic carbocycles. The molecular weight excluding hydrogens is 314 g/mol. The predicted octanol–water partition coefficient (Wildman–Crippen LogP) is 3.25. The van der Waals surface area contributed by atoms with E-state index in [0.29, 0.717) is 18.7 Å². The van der Waals surface area contributed by atoms with E-state index in [9.17, 15) is 4.79 Å². The first-order valence-electron chi connectivity index (χ1n) is 9.05. The van der Waals surface area contributed by atoms with Crippen LogP contribution in [0.2, 0.25) is 0 Å². The fourth-order valence-electron chi connectivity index (χ4n) is 3.57. The fraction of sp³-hybridized carbons (Fsp3) is 0.500. The van der Waals surface area contributed by atoms with Crippen molar-refractivity contribution in [3.63, 3.8) is 0 Å². The van der Waals surface area contributed by atoms with Crippen LogP contribution in [-0.2, 0) is 18.2 Å².